The fraction of sp³-hybridized carbons (Fsp3) is 0.360. The summed E-state index contributed by atoms with van der Waals surface area (Å²) >= 11 is 0. The number of alkyl carbamates (subject to hydrolysis) is 1. The summed E-state index contributed by atoms with van der Waals surface area (Å²) in [5, 5.41) is 2.31. The Hall–Kier alpha value is -3.68. The molecule has 3 rings (SSSR count). The number of Topliss-reactive ketones (excluding diaryl/α,β-unsaturated/α-hetero) is 1. The lowest BCUT2D eigenvalue weighted by atomic mass is 9.98. The van der Waals surface area contributed by atoms with Crippen molar-refractivity contribution in [1.82, 2.24) is 5.32 Å². The summed E-state index contributed by atoms with van der Waals surface area (Å²) in [5.41, 5.74) is 3.42. The second-order valence-electron chi connectivity index (χ2n) is 8.67. The van der Waals surface area contributed by atoms with Crippen molar-refractivity contribution >= 4 is 23.8 Å². The van der Waals surface area contributed by atoms with Gasteiger partial charge in [-0.3, -0.25) is 9.59 Å². The molecule has 0 radical (unpaired) electrons. The molecular formula is C25H27NO7. The Morgan fingerprint density at radius 2 is 1.48 bits per heavy atom. The van der Waals surface area contributed by atoms with Gasteiger partial charge in [0, 0.05) is 5.92 Å². The van der Waals surface area contributed by atoms with Gasteiger partial charge < -0.3 is 19.5 Å². The molecular weight excluding hydrogens is 426 g/mol. The van der Waals surface area contributed by atoms with E-state index in [-0.39, 0.29) is 12.5 Å². The van der Waals surface area contributed by atoms with Crippen molar-refractivity contribution in [3.63, 3.8) is 0 Å². The molecule has 0 heterocycles. The van der Waals surface area contributed by atoms with E-state index < -0.39 is 41.9 Å². The van der Waals surface area contributed by atoms with Crippen LogP contribution in [0.5, 0.6) is 0 Å². The molecule has 2 aromatic carbocycles. The smallest absolute Gasteiger partial charge is 0.407 e. The van der Waals surface area contributed by atoms with E-state index in [0.717, 1.165) is 29.4 Å². The number of ether oxygens (including phenoxy) is 3. The maximum absolute atomic E-state index is 12.5. The van der Waals surface area contributed by atoms with Crippen molar-refractivity contribution in [3.8, 4) is 11.1 Å². The summed E-state index contributed by atoms with van der Waals surface area (Å²) in [5.74, 6) is -3.17. The quantitative estimate of drug-likeness (QED) is 0.389. The number of benzene rings is 2. The molecule has 0 spiro atoms. The van der Waals surface area contributed by atoms with Gasteiger partial charge in [-0.2, -0.15) is 0 Å². The lowest BCUT2D eigenvalue weighted by Crippen LogP contribution is -2.46. The zero-order chi connectivity index (χ0) is 24.2. The number of carbonyl (C=O) groups excluding carboxylic acids is 4. The molecule has 8 heteroatoms. The third-order valence-corrected chi connectivity index (χ3v) is 5.13. The summed E-state index contributed by atoms with van der Waals surface area (Å²) in [4.78, 5) is 48.8. The van der Waals surface area contributed by atoms with Crippen molar-refractivity contribution in [2.75, 3.05) is 13.7 Å². The summed E-state index contributed by atoms with van der Waals surface area (Å²) < 4.78 is 15.1. The lowest BCUT2D eigenvalue weighted by molar-refractivity contribution is -0.158. The molecule has 1 aliphatic carbocycles. The molecule has 0 fully saturated rings. The molecule has 0 saturated carbocycles. The molecule has 1 atom stereocenters. The van der Waals surface area contributed by atoms with Crippen molar-refractivity contribution in [3.05, 3.63) is 59.7 Å². The second-order valence-corrected chi connectivity index (χ2v) is 8.67. The van der Waals surface area contributed by atoms with E-state index in [1.165, 1.54) is 0 Å². The van der Waals surface area contributed by atoms with E-state index in [0.29, 0.717) is 0 Å². The maximum atomic E-state index is 12.5. The number of hydrogen-bond acceptors (Lipinski definition) is 7. The standard InChI is InChI=1S/C25H27NO7/c1-25(2,3)33-21(27)13-20(22(28)23(29)31-4)26-24(30)32-14-19-17-11-7-5-9-15(17)16-10-6-8-12-18(16)19/h5-12,19-20H,13-14H2,1-4H3,(H,26,30)/t20-/m0/s1. The zero-order valence-corrected chi connectivity index (χ0v) is 19.0. The minimum Gasteiger partial charge on any atom is -0.463 e. The van der Waals surface area contributed by atoms with Gasteiger partial charge in [0.05, 0.1) is 13.5 Å². The minimum atomic E-state index is -1.47. The number of hydrogen-bond donors (Lipinski definition) is 1. The number of methoxy groups -OCH3 is 1. The molecule has 1 amide bonds. The minimum absolute atomic E-state index is 0.0193. The average molecular weight is 453 g/mol. The lowest BCUT2D eigenvalue weighted by Gasteiger charge is -2.22. The number of nitrogens with one attached hydrogen (secondary N) is 1. The van der Waals surface area contributed by atoms with E-state index in [9.17, 15) is 19.2 Å². The molecule has 8 nitrogen and oxygen atoms in total. The van der Waals surface area contributed by atoms with E-state index in [1.54, 1.807) is 20.8 Å². The summed E-state index contributed by atoms with van der Waals surface area (Å²) in [6, 6.07) is 14.3. The first-order valence-electron chi connectivity index (χ1n) is 10.6. The Morgan fingerprint density at radius 1 is 0.939 bits per heavy atom. The normalized spacial score (nSPS) is 13.3. The van der Waals surface area contributed by atoms with Crippen LogP contribution in [0.4, 0.5) is 4.79 Å². The summed E-state index contributed by atoms with van der Waals surface area (Å²) in [6.45, 7) is 5.02. The van der Waals surface area contributed by atoms with Gasteiger partial charge in [-0.1, -0.05) is 48.5 Å². The number of ketones is 1. The van der Waals surface area contributed by atoms with Crippen LogP contribution in [0.3, 0.4) is 0 Å². The molecule has 0 bridgehead atoms. The van der Waals surface area contributed by atoms with Gasteiger partial charge in [-0.25, -0.2) is 9.59 Å². The predicted molar refractivity (Wildman–Crippen MR) is 119 cm³/mol. The number of rotatable bonds is 7. The van der Waals surface area contributed by atoms with Crippen LogP contribution >= 0.6 is 0 Å². The molecule has 174 valence electrons. The molecule has 0 aromatic heterocycles. The van der Waals surface area contributed by atoms with E-state index in [2.05, 4.69) is 10.1 Å². The van der Waals surface area contributed by atoms with Crippen molar-refractivity contribution in [2.24, 2.45) is 0 Å². The van der Waals surface area contributed by atoms with Crippen LogP contribution in [-0.2, 0) is 28.6 Å². The van der Waals surface area contributed by atoms with Crippen LogP contribution in [0.15, 0.2) is 48.5 Å². The van der Waals surface area contributed by atoms with Crippen molar-refractivity contribution in [2.45, 2.75) is 44.8 Å². The van der Waals surface area contributed by atoms with Gasteiger partial charge in [-0.15, -0.1) is 0 Å². The van der Waals surface area contributed by atoms with Crippen LogP contribution in [0.25, 0.3) is 11.1 Å². The highest BCUT2D eigenvalue weighted by atomic mass is 16.6. The third kappa shape index (κ3) is 5.77. The van der Waals surface area contributed by atoms with E-state index in [4.69, 9.17) is 9.47 Å². The molecule has 0 aliphatic heterocycles. The number of amides is 1. The van der Waals surface area contributed by atoms with Crippen LogP contribution in [0, 0.1) is 0 Å². The Morgan fingerprint density at radius 3 is 2.00 bits per heavy atom. The molecule has 1 aliphatic rings. The largest absolute Gasteiger partial charge is 0.463 e. The average Bonchev–Trinajstić information content (AvgIpc) is 3.08. The van der Waals surface area contributed by atoms with Crippen LogP contribution < -0.4 is 5.32 Å². The molecule has 33 heavy (non-hydrogen) atoms. The molecule has 2 aromatic rings. The van der Waals surface area contributed by atoms with Crippen LogP contribution in [0.1, 0.15) is 44.2 Å². The Bertz CT molecular complexity index is 1020. The number of esters is 2. The van der Waals surface area contributed by atoms with Gasteiger partial charge in [-0.05, 0) is 43.0 Å². The van der Waals surface area contributed by atoms with Gasteiger partial charge in [0.15, 0.2) is 0 Å². The Kier molecular flexibility index (Phi) is 7.16. The number of carbonyl (C=O) groups is 4. The molecule has 0 saturated heterocycles. The topological polar surface area (TPSA) is 108 Å². The van der Waals surface area contributed by atoms with E-state index in [1.807, 2.05) is 48.5 Å². The van der Waals surface area contributed by atoms with Gasteiger partial charge in [0.2, 0.25) is 0 Å². The third-order valence-electron chi connectivity index (χ3n) is 5.13. The van der Waals surface area contributed by atoms with Crippen molar-refractivity contribution in [1.29, 1.82) is 0 Å². The Balaban J connectivity index is 1.70. The number of fused-ring (bicyclic) bond motifs is 3. The highest BCUT2D eigenvalue weighted by Gasteiger charge is 2.33. The first-order chi connectivity index (χ1) is 15.6. The van der Waals surface area contributed by atoms with Gasteiger partial charge in [0.25, 0.3) is 5.78 Å². The fourth-order valence-corrected chi connectivity index (χ4v) is 3.78. The predicted octanol–water partition coefficient (Wildman–Crippen LogP) is 3.37. The fourth-order valence-electron chi connectivity index (χ4n) is 3.78. The van der Waals surface area contributed by atoms with Crippen LogP contribution in [-0.4, -0.2) is 49.2 Å². The highest BCUT2D eigenvalue weighted by molar-refractivity contribution is 6.36. The zero-order valence-electron chi connectivity index (χ0n) is 19.0. The molecule has 0 unspecified atom stereocenters. The maximum Gasteiger partial charge on any atom is 0.407 e. The first kappa shape index (κ1) is 24.0. The highest BCUT2D eigenvalue weighted by Crippen LogP contribution is 2.44. The van der Waals surface area contributed by atoms with E-state index >= 15 is 0 Å². The first-order valence-corrected chi connectivity index (χ1v) is 10.6. The van der Waals surface area contributed by atoms with Gasteiger partial charge >= 0.3 is 18.0 Å². The van der Waals surface area contributed by atoms with Gasteiger partial charge in [0.1, 0.15) is 18.2 Å². The van der Waals surface area contributed by atoms with Crippen LogP contribution in [0.2, 0.25) is 0 Å². The SMILES string of the molecule is COC(=O)C(=O)[C@H](CC(=O)OC(C)(C)C)NC(=O)OCC1c2ccccc2-c2ccccc21. The summed E-state index contributed by atoms with van der Waals surface area (Å²) in [6.07, 6.45) is -1.46. The molecule has 1 N–H and O–H groups in total. The second kappa shape index (κ2) is 9.85. The monoisotopic (exact) mass is 453 g/mol. The van der Waals surface area contributed by atoms with Crippen molar-refractivity contribution < 1.29 is 33.4 Å². The Labute approximate surface area is 192 Å². The summed E-state index contributed by atoms with van der Waals surface area (Å²) in [7, 11) is 1.04.